The molecule has 1 heterocycles. The Morgan fingerprint density at radius 1 is 1.07 bits per heavy atom. The summed E-state index contributed by atoms with van der Waals surface area (Å²) in [6.07, 6.45) is 1.82. The summed E-state index contributed by atoms with van der Waals surface area (Å²) in [6.45, 7) is 4.29. The Morgan fingerprint density at radius 2 is 1.57 bits per heavy atom. The third-order valence-electron chi connectivity index (χ3n) is 2.06. The minimum Gasteiger partial charge on any atom is -0.383 e. The van der Waals surface area contributed by atoms with Crippen LogP contribution < -0.4 is 17.2 Å². The van der Waals surface area contributed by atoms with E-state index in [0.29, 0.717) is 17.6 Å². The summed E-state index contributed by atoms with van der Waals surface area (Å²) in [5.41, 5.74) is 17.6. The van der Waals surface area contributed by atoms with Gasteiger partial charge in [-0.2, -0.15) is 9.97 Å². The maximum absolute atomic E-state index is 5.70. The van der Waals surface area contributed by atoms with E-state index in [0.717, 1.165) is 18.4 Å². The zero-order valence-electron chi connectivity index (χ0n) is 8.62. The molecule has 0 unspecified atom stereocenters. The SMILES string of the molecule is CC(C)CCc1c(N)nc(N)nc1N. The van der Waals surface area contributed by atoms with Crippen molar-refractivity contribution in [1.29, 1.82) is 0 Å². The molecule has 5 nitrogen and oxygen atoms in total. The van der Waals surface area contributed by atoms with Crippen molar-refractivity contribution in [2.45, 2.75) is 26.7 Å². The first-order chi connectivity index (χ1) is 6.50. The van der Waals surface area contributed by atoms with Gasteiger partial charge in [0.2, 0.25) is 5.95 Å². The van der Waals surface area contributed by atoms with Gasteiger partial charge in [0, 0.05) is 5.56 Å². The molecule has 0 fully saturated rings. The molecule has 14 heavy (non-hydrogen) atoms. The quantitative estimate of drug-likeness (QED) is 0.662. The second-order valence-corrected chi connectivity index (χ2v) is 3.76. The van der Waals surface area contributed by atoms with Gasteiger partial charge >= 0.3 is 0 Å². The Labute approximate surface area is 83.7 Å². The van der Waals surface area contributed by atoms with E-state index in [9.17, 15) is 0 Å². The highest BCUT2D eigenvalue weighted by Crippen LogP contribution is 2.20. The van der Waals surface area contributed by atoms with Crippen LogP contribution in [0.4, 0.5) is 17.6 Å². The monoisotopic (exact) mass is 195 g/mol. The van der Waals surface area contributed by atoms with Crippen LogP contribution in [0.5, 0.6) is 0 Å². The predicted octanol–water partition coefficient (Wildman–Crippen LogP) is 0.812. The highest BCUT2D eigenvalue weighted by molar-refractivity contribution is 5.55. The van der Waals surface area contributed by atoms with Crippen LogP contribution in [0.3, 0.4) is 0 Å². The van der Waals surface area contributed by atoms with Gasteiger partial charge < -0.3 is 17.2 Å². The smallest absolute Gasteiger partial charge is 0.223 e. The average Bonchev–Trinajstić information content (AvgIpc) is 2.01. The number of aromatic nitrogens is 2. The average molecular weight is 195 g/mol. The lowest BCUT2D eigenvalue weighted by atomic mass is 10.0. The van der Waals surface area contributed by atoms with Crippen LogP contribution in [0.1, 0.15) is 25.8 Å². The van der Waals surface area contributed by atoms with Gasteiger partial charge in [-0.15, -0.1) is 0 Å². The van der Waals surface area contributed by atoms with Gasteiger partial charge in [0.15, 0.2) is 0 Å². The molecule has 1 aromatic rings. The Kier molecular flexibility index (Phi) is 3.11. The lowest BCUT2D eigenvalue weighted by Gasteiger charge is -2.09. The van der Waals surface area contributed by atoms with E-state index in [1.165, 1.54) is 0 Å². The molecular weight excluding hydrogens is 178 g/mol. The van der Waals surface area contributed by atoms with Crippen molar-refractivity contribution in [3.63, 3.8) is 0 Å². The second-order valence-electron chi connectivity index (χ2n) is 3.76. The summed E-state index contributed by atoms with van der Waals surface area (Å²) >= 11 is 0. The van der Waals surface area contributed by atoms with E-state index >= 15 is 0 Å². The highest BCUT2D eigenvalue weighted by Gasteiger charge is 2.08. The molecule has 0 aliphatic heterocycles. The summed E-state index contributed by atoms with van der Waals surface area (Å²) in [5.74, 6) is 1.53. The lowest BCUT2D eigenvalue weighted by molar-refractivity contribution is 0.587. The number of nitrogen functional groups attached to an aromatic ring is 3. The number of anilines is 3. The third kappa shape index (κ3) is 2.48. The molecular formula is C9H17N5. The molecule has 5 heteroatoms. The number of nitrogens with two attached hydrogens (primary N) is 3. The fraction of sp³-hybridized carbons (Fsp3) is 0.556. The van der Waals surface area contributed by atoms with E-state index in [4.69, 9.17) is 17.2 Å². The first-order valence-corrected chi connectivity index (χ1v) is 4.68. The Balaban J connectivity index is 2.86. The van der Waals surface area contributed by atoms with Crippen LogP contribution in [0.15, 0.2) is 0 Å². The van der Waals surface area contributed by atoms with Gasteiger partial charge in [0.1, 0.15) is 11.6 Å². The van der Waals surface area contributed by atoms with E-state index in [2.05, 4.69) is 23.8 Å². The Hall–Kier alpha value is -1.52. The Bertz CT molecular complexity index is 298. The number of hydrogen-bond donors (Lipinski definition) is 3. The molecule has 0 atom stereocenters. The van der Waals surface area contributed by atoms with Gasteiger partial charge in [-0.3, -0.25) is 0 Å². The second kappa shape index (κ2) is 4.13. The minimum absolute atomic E-state index is 0.133. The fourth-order valence-corrected chi connectivity index (χ4v) is 1.23. The molecule has 1 aromatic heterocycles. The molecule has 0 amide bonds. The van der Waals surface area contributed by atoms with Crippen LogP contribution in [-0.4, -0.2) is 9.97 Å². The van der Waals surface area contributed by atoms with E-state index in [-0.39, 0.29) is 5.95 Å². The minimum atomic E-state index is 0.133. The molecule has 0 aromatic carbocycles. The van der Waals surface area contributed by atoms with Crippen molar-refractivity contribution in [3.05, 3.63) is 5.56 Å². The van der Waals surface area contributed by atoms with E-state index < -0.39 is 0 Å². The van der Waals surface area contributed by atoms with Gasteiger partial charge in [-0.05, 0) is 18.8 Å². The lowest BCUT2D eigenvalue weighted by Crippen LogP contribution is -2.09. The van der Waals surface area contributed by atoms with Crippen molar-refractivity contribution in [2.75, 3.05) is 17.2 Å². The summed E-state index contributed by atoms with van der Waals surface area (Å²) in [4.78, 5) is 7.75. The molecule has 0 radical (unpaired) electrons. The summed E-state index contributed by atoms with van der Waals surface area (Å²) in [7, 11) is 0. The third-order valence-corrected chi connectivity index (χ3v) is 2.06. The standard InChI is InChI=1S/C9H17N5/c1-5(2)3-4-6-7(10)13-9(12)14-8(6)11/h5H,3-4H2,1-2H3,(H6,10,11,12,13,14). The largest absolute Gasteiger partial charge is 0.383 e. The van der Waals surface area contributed by atoms with Crippen LogP contribution >= 0.6 is 0 Å². The molecule has 0 bridgehead atoms. The topological polar surface area (TPSA) is 104 Å². The van der Waals surface area contributed by atoms with Crippen LogP contribution in [0.25, 0.3) is 0 Å². The molecule has 0 saturated heterocycles. The molecule has 1 rings (SSSR count). The van der Waals surface area contributed by atoms with Crippen LogP contribution in [0, 0.1) is 5.92 Å². The maximum atomic E-state index is 5.70. The molecule has 0 spiro atoms. The number of rotatable bonds is 3. The van der Waals surface area contributed by atoms with Crippen LogP contribution in [0.2, 0.25) is 0 Å². The number of hydrogen-bond acceptors (Lipinski definition) is 5. The summed E-state index contributed by atoms with van der Waals surface area (Å²) in [5, 5.41) is 0. The maximum Gasteiger partial charge on any atom is 0.223 e. The van der Waals surface area contributed by atoms with Crippen LogP contribution in [-0.2, 0) is 6.42 Å². The molecule has 0 aliphatic rings. The van der Waals surface area contributed by atoms with Crippen molar-refractivity contribution < 1.29 is 0 Å². The first kappa shape index (κ1) is 10.6. The fourth-order valence-electron chi connectivity index (χ4n) is 1.23. The first-order valence-electron chi connectivity index (χ1n) is 4.68. The molecule has 0 saturated carbocycles. The van der Waals surface area contributed by atoms with Gasteiger partial charge in [-0.25, -0.2) is 0 Å². The van der Waals surface area contributed by atoms with Crippen molar-refractivity contribution in [3.8, 4) is 0 Å². The molecule has 0 aliphatic carbocycles. The normalized spacial score (nSPS) is 10.8. The molecule has 6 N–H and O–H groups in total. The van der Waals surface area contributed by atoms with Crippen molar-refractivity contribution >= 4 is 17.6 Å². The summed E-state index contributed by atoms with van der Waals surface area (Å²) in [6, 6.07) is 0. The zero-order valence-corrected chi connectivity index (χ0v) is 8.62. The predicted molar refractivity (Wildman–Crippen MR) is 58.4 cm³/mol. The number of nitrogens with zero attached hydrogens (tertiary/aromatic N) is 2. The van der Waals surface area contributed by atoms with E-state index in [1.807, 2.05) is 0 Å². The van der Waals surface area contributed by atoms with Gasteiger partial charge in [-0.1, -0.05) is 13.8 Å². The molecule has 78 valence electrons. The highest BCUT2D eigenvalue weighted by atomic mass is 15.1. The Morgan fingerprint density at radius 3 is 2.00 bits per heavy atom. The van der Waals surface area contributed by atoms with Crippen molar-refractivity contribution in [2.24, 2.45) is 5.92 Å². The van der Waals surface area contributed by atoms with Crippen molar-refractivity contribution in [1.82, 2.24) is 9.97 Å². The van der Waals surface area contributed by atoms with E-state index in [1.54, 1.807) is 0 Å². The summed E-state index contributed by atoms with van der Waals surface area (Å²) < 4.78 is 0. The zero-order chi connectivity index (χ0) is 10.7. The van der Waals surface area contributed by atoms with Gasteiger partial charge in [0.25, 0.3) is 0 Å². The van der Waals surface area contributed by atoms with Gasteiger partial charge in [0.05, 0.1) is 0 Å².